The zero-order chi connectivity index (χ0) is 18.8. The molecule has 4 rings (SSSR count). The largest absolute Gasteiger partial charge is 0.493 e. The van der Waals surface area contributed by atoms with Gasteiger partial charge in [0.1, 0.15) is 17.1 Å². The smallest absolute Gasteiger partial charge is 0.204 e. The highest BCUT2D eigenvalue weighted by Gasteiger charge is 2.13. The fourth-order valence-corrected chi connectivity index (χ4v) is 2.76. The van der Waals surface area contributed by atoms with Crippen LogP contribution < -0.4 is 10.2 Å². The van der Waals surface area contributed by atoms with E-state index in [2.05, 4.69) is 34.5 Å². The van der Waals surface area contributed by atoms with Gasteiger partial charge in [-0.1, -0.05) is 32.0 Å². The third-order valence-electron chi connectivity index (χ3n) is 4.06. The Labute approximate surface area is 155 Å². The highest BCUT2D eigenvalue weighted by atomic mass is 16.5. The van der Waals surface area contributed by atoms with Crippen LogP contribution in [0.4, 0.5) is 0 Å². The third kappa shape index (κ3) is 3.44. The number of nitrogens with zero attached hydrogens (tertiary/aromatic N) is 3. The average molecular weight is 362 g/mol. The predicted molar refractivity (Wildman–Crippen MR) is 101 cm³/mol. The molecule has 7 heteroatoms. The molecular formula is C20H18N4O3. The van der Waals surface area contributed by atoms with Crippen LogP contribution in [0, 0.1) is 5.92 Å². The SMILES string of the molecule is CC(C)COc1ccccc1-c1cc(=O)c2ccc(-c3nn[nH]n3)cc2o1. The Morgan fingerprint density at radius 1 is 1.15 bits per heavy atom. The van der Waals surface area contributed by atoms with Gasteiger partial charge < -0.3 is 9.15 Å². The summed E-state index contributed by atoms with van der Waals surface area (Å²) >= 11 is 0. The van der Waals surface area contributed by atoms with Gasteiger partial charge in [0.25, 0.3) is 0 Å². The van der Waals surface area contributed by atoms with E-state index in [1.54, 1.807) is 18.2 Å². The topological polar surface area (TPSA) is 93.9 Å². The molecule has 2 heterocycles. The summed E-state index contributed by atoms with van der Waals surface area (Å²) < 4.78 is 11.9. The second-order valence-corrected chi connectivity index (χ2v) is 6.62. The average Bonchev–Trinajstić information content (AvgIpc) is 3.21. The van der Waals surface area contributed by atoms with E-state index in [0.717, 1.165) is 5.56 Å². The Kier molecular flexibility index (Phi) is 4.42. The number of nitrogens with one attached hydrogen (secondary N) is 1. The first-order valence-corrected chi connectivity index (χ1v) is 8.66. The molecule has 4 aromatic rings. The van der Waals surface area contributed by atoms with Gasteiger partial charge >= 0.3 is 0 Å². The number of H-pyrrole nitrogens is 1. The first-order valence-electron chi connectivity index (χ1n) is 8.66. The molecule has 0 aliphatic rings. The van der Waals surface area contributed by atoms with Gasteiger partial charge in [-0.05, 0) is 35.4 Å². The summed E-state index contributed by atoms with van der Waals surface area (Å²) in [5, 5.41) is 14.4. The van der Waals surface area contributed by atoms with Crippen molar-refractivity contribution in [3.63, 3.8) is 0 Å². The highest BCUT2D eigenvalue weighted by molar-refractivity contribution is 5.83. The minimum absolute atomic E-state index is 0.121. The van der Waals surface area contributed by atoms with Gasteiger partial charge in [0.2, 0.25) is 5.82 Å². The molecule has 0 amide bonds. The lowest BCUT2D eigenvalue weighted by Crippen LogP contribution is -2.06. The van der Waals surface area contributed by atoms with Crippen LogP contribution in [-0.4, -0.2) is 27.2 Å². The Morgan fingerprint density at radius 2 is 2.00 bits per heavy atom. The molecule has 2 aromatic heterocycles. The normalized spacial score (nSPS) is 11.2. The van der Waals surface area contributed by atoms with E-state index in [-0.39, 0.29) is 5.43 Å². The summed E-state index contributed by atoms with van der Waals surface area (Å²) in [4.78, 5) is 12.6. The molecule has 27 heavy (non-hydrogen) atoms. The molecule has 136 valence electrons. The van der Waals surface area contributed by atoms with Gasteiger partial charge in [0.15, 0.2) is 5.43 Å². The molecule has 0 aliphatic heterocycles. The van der Waals surface area contributed by atoms with Crippen molar-refractivity contribution in [2.24, 2.45) is 5.92 Å². The van der Waals surface area contributed by atoms with E-state index in [1.807, 2.05) is 24.3 Å². The fourth-order valence-electron chi connectivity index (χ4n) is 2.76. The van der Waals surface area contributed by atoms with Gasteiger partial charge in [0, 0.05) is 11.6 Å². The predicted octanol–water partition coefficient (Wildman–Crippen LogP) is 3.67. The van der Waals surface area contributed by atoms with Gasteiger partial charge in [-0.25, -0.2) is 0 Å². The zero-order valence-corrected chi connectivity index (χ0v) is 15.0. The van der Waals surface area contributed by atoms with Crippen molar-refractivity contribution in [2.45, 2.75) is 13.8 Å². The number of fused-ring (bicyclic) bond motifs is 1. The molecule has 7 nitrogen and oxygen atoms in total. The number of para-hydroxylation sites is 1. The molecule has 0 saturated heterocycles. The van der Waals surface area contributed by atoms with Crippen LogP contribution in [0.5, 0.6) is 5.75 Å². The number of aromatic amines is 1. The Morgan fingerprint density at radius 3 is 2.78 bits per heavy atom. The molecule has 0 aliphatic carbocycles. The van der Waals surface area contributed by atoms with Crippen LogP contribution in [0.3, 0.4) is 0 Å². The van der Waals surface area contributed by atoms with Crippen molar-refractivity contribution in [1.82, 2.24) is 20.6 Å². The molecule has 0 radical (unpaired) electrons. The van der Waals surface area contributed by atoms with E-state index in [0.29, 0.717) is 46.4 Å². The maximum absolute atomic E-state index is 12.6. The van der Waals surface area contributed by atoms with Crippen LogP contribution >= 0.6 is 0 Å². The van der Waals surface area contributed by atoms with E-state index in [9.17, 15) is 4.79 Å². The van der Waals surface area contributed by atoms with Crippen molar-refractivity contribution in [2.75, 3.05) is 6.61 Å². The van der Waals surface area contributed by atoms with Gasteiger partial charge in [-0.2, -0.15) is 5.21 Å². The minimum Gasteiger partial charge on any atom is -0.493 e. The maximum Gasteiger partial charge on any atom is 0.204 e. The Bertz CT molecular complexity index is 1130. The summed E-state index contributed by atoms with van der Waals surface area (Å²) in [5.41, 5.74) is 1.78. The number of ether oxygens (including phenoxy) is 1. The molecule has 0 bridgehead atoms. The molecule has 0 unspecified atom stereocenters. The first-order chi connectivity index (χ1) is 13.1. The standard InChI is InChI=1S/C20H18N4O3/c1-12(2)11-26-17-6-4-3-5-15(17)19-10-16(25)14-8-7-13(9-18(14)27-19)20-21-23-24-22-20/h3-10,12H,11H2,1-2H3,(H,21,22,23,24). The second kappa shape index (κ2) is 7.03. The third-order valence-corrected chi connectivity index (χ3v) is 4.06. The maximum atomic E-state index is 12.6. The Balaban J connectivity index is 1.82. The summed E-state index contributed by atoms with van der Waals surface area (Å²) in [6.07, 6.45) is 0. The lowest BCUT2D eigenvalue weighted by atomic mass is 10.1. The lowest BCUT2D eigenvalue weighted by Gasteiger charge is -2.13. The van der Waals surface area contributed by atoms with Gasteiger partial charge in [-0.3, -0.25) is 4.79 Å². The molecule has 2 aromatic carbocycles. The Hall–Kier alpha value is -3.48. The lowest BCUT2D eigenvalue weighted by molar-refractivity contribution is 0.271. The van der Waals surface area contributed by atoms with E-state index in [1.165, 1.54) is 6.07 Å². The van der Waals surface area contributed by atoms with Gasteiger partial charge in [0.05, 0.1) is 17.6 Å². The van der Waals surface area contributed by atoms with Crippen LogP contribution in [0.15, 0.2) is 57.7 Å². The molecule has 0 saturated carbocycles. The zero-order valence-electron chi connectivity index (χ0n) is 15.0. The number of benzene rings is 2. The number of hydrogen-bond acceptors (Lipinski definition) is 6. The van der Waals surface area contributed by atoms with Crippen molar-refractivity contribution < 1.29 is 9.15 Å². The van der Waals surface area contributed by atoms with Crippen LogP contribution in [0.2, 0.25) is 0 Å². The summed E-state index contributed by atoms with van der Waals surface area (Å²) in [6, 6.07) is 14.2. The van der Waals surface area contributed by atoms with Crippen molar-refractivity contribution in [3.05, 3.63) is 58.8 Å². The van der Waals surface area contributed by atoms with Crippen molar-refractivity contribution in [3.8, 4) is 28.5 Å². The molecule has 0 spiro atoms. The van der Waals surface area contributed by atoms with Crippen molar-refractivity contribution in [1.29, 1.82) is 0 Å². The van der Waals surface area contributed by atoms with Crippen LogP contribution in [0.25, 0.3) is 33.7 Å². The summed E-state index contributed by atoms with van der Waals surface area (Å²) in [7, 11) is 0. The number of hydrogen-bond donors (Lipinski definition) is 1. The summed E-state index contributed by atoms with van der Waals surface area (Å²) in [5.74, 6) is 1.96. The second-order valence-electron chi connectivity index (χ2n) is 6.62. The van der Waals surface area contributed by atoms with E-state index in [4.69, 9.17) is 9.15 Å². The highest BCUT2D eigenvalue weighted by Crippen LogP contribution is 2.31. The van der Waals surface area contributed by atoms with E-state index >= 15 is 0 Å². The fraction of sp³-hybridized carbons (Fsp3) is 0.200. The van der Waals surface area contributed by atoms with E-state index < -0.39 is 0 Å². The number of tetrazole rings is 1. The molecule has 0 atom stereocenters. The monoisotopic (exact) mass is 362 g/mol. The summed E-state index contributed by atoms with van der Waals surface area (Å²) in [6.45, 7) is 4.74. The van der Waals surface area contributed by atoms with Crippen molar-refractivity contribution >= 4 is 11.0 Å². The minimum atomic E-state index is -0.121. The molecule has 0 fully saturated rings. The molecule has 1 N–H and O–H groups in total. The molecular weight excluding hydrogens is 344 g/mol. The quantitative estimate of drug-likeness (QED) is 0.582. The number of rotatable bonds is 5. The number of aromatic nitrogens is 4. The first kappa shape index (κ1) is 17.0. The van der Waals surface area contributed by atoms with Crippen LogP contribution in [-0.2, 0) is 0 Å². The van der Waals surface area contributed by atoms with Crippen LogP contribution in [0.1, 0.15) is 13.8 Å². The van der Waals surface area contributed by atoms with Gasteiger partial charge in [-0.15, -0.1) is 10.2 Å².